The van der Waals surface area contributed by atoms with Gasteiger partial charge in [0.1, 0.15) is 11.9 Å². The normalized spacial score (nSPS) is 21.8. The molecule has 0 amide bonds. The SMILES string of the molecule is O=C(CCc1ccc2c(c1)CCO2)C1CNCCO1. The second kappa shape index (κ2) is 5.72. The van der Waals surface area contributed by atoms with Crippen LogP contribution in [0.25, 0.3) is 0 Å². The zero-order valence-corrected chi connectivity index (χ0v) is 11.0. The lowest BCUT2D eigenvalue weighted by Crippen LogP contribution is -2.43. The Labute approximate surface area is 113 Å². The lowest BCUT2D eigenvalue weighted by molar-refractivity contribution is -0.131. The van der Waals surface area contributed by atoms with Gasteiger partial charge in [0.25, 0.3) is 0 Å². The van der Waals surface area contributed by atoms with Crippen molar-refractivity contribution in [3.05, 3.63) is 29.3 Å². The number of nitrogens with one attached hydrogen (secondary N) is 1. The van der Waals surface area contributed by atoms with Gasteiger partial charge >= 0.3 is 0 Å². The first-order valence-corrected chi connectivity index (χ1v) is 6.92. The maximum absolute atomic E-state index is 12.0. The highest BCUT2D eigenvalue weighted by molar-refractivity contribution is 5.83. The van der Waals surface area contributed by atoms with Crippen LogP contribution in [0, 0.1) is 0 Å². The molecular formula is C15H19NO3. The summed E-state index contributed by atoms with van der Waals surface area (Å²) >= 11 is 0. The molecule has 2 aliphatic rings. The van der Waals surface area contributed by atoms with Crippen LogP contribution in [0.2, 0.25) is 0 Å². The Morgan fingerprint density at radius 1 is 1.37 bits per heavy atom. The van der Waals surface area contributed by atoms with Gasteiger partial charge in [0.05, 0.1) is 13.2 Å². The van der Waals surface area contributed by atoms with Crippen molar-refractivity contribution < 1.29 is 14.3 Å². The Morgan fingerprint density at radius 3 is 3.16 bits per heavy atom. The average Bonchev–Trinajstić information content (AvgIpc) is 2.93. The van der Waals surface area contributed by atoms with Gasteiger partial charge in [0.15, 0.2) is 5.78 Å². The minimum Gasteiger partial charge on any atom is -0.493 e. The van der Waals surface area contributed by atoms with Crippen molar-refractivity contribution in [2.75, 3.05) is 26.3 Å². The number of Topliss-reactive ketones (excluding diaryl/α,β-unsaturated/α-hetero) is 1. The summed E-state index contributed by atoms with van der Waals surface area (Å²) in [6.07, 6.45) is 2.05. The Bertz CT molecular complexity index is 466. The summed E-state index contributed by atoms with van der Waals surface area (Å²) in [4.78, 5) is 12.0. The molecule has 2 heterocycles. The van der Waals surface area contributed by atoms with E-state index in [0.717, 1.165) is 31.7 Å². The predicted molar refractivity (Wildman–Crippen MR) is 71.6 cm³/mol. The van der Waals surface area contributed by atoms with Crippen molar-refractivity contribution in [1.82, 2.24) is 5.32 Å². The Hall–Kier alpha value is -1.39. The summed E-state index contributed by atoms with van der Waals surface area (Å²) in [5, 5.41) is 3.19. The fourth-order valence-corrected chi connectivity index (χ4v) is 2.60. The van der Waals surface area contributed by atoms with Crippen molar-refractivity contribution in [3.8, 4) is 5.75 Å². The van der Waals surface area contributed by atoms with Crippen molar-refractivity contribution >= 4 is 5.78 Å². The third-order valence-corrected chi connectivity index (χ3v) is 3.70. The maximum Gasteiger partial charge on any atom is 0.163 e. The number of morpholine rings is 1. The molecule has 1 saturated heterocycles. The second-order valence-corrected chi connectivity index (χ2v) is 5.07. The van der Waals surface area contributed by atoms with Crippen molar-refractivity contribution in [2.24, 2.45) is 0 Å². The minimum atomic E-state index is -0.258. The molecule has 1 fully saturated rings. The monoisotopic (exact) mass is 261 g/mol. The van der Waals surface area contributed by atoms with Gasteiger partial charge in [-0.2, -0.15) is 0 Å². The van der Waals surface area contributed by atoms with Crippen LogP contribution in [-0.4, -0.2) is 38.2 Å². The molecule has 0 bridgehead atoms. The first-order valence-electron chi connectivity index (χ1n) is 6.92. The van der Waals surface area contributed by atoms with Gasteiger partial charge in [-0.15, -0.1) is 0 Å². The van der Waals surface area contributed by atoms with E-state index in [0.29, 0.717) is 19.6 Å². The molecule has 1 aromatic carbocycles. The summed E-state index contributed by atoms with van der Waals surface area (Å²) < 4.78 is 10.9. The number of aryl methyl sites for hydroxylation is 1. The van der Waals surface area contributed by atoms with E-state index in [9.17, 15) is 4.79 Å². The molecule has 0 radical (unpaired) electrons. The molecule has 1 atom stereocenters. The van der Waals surface area contributed by atoms with E-state index in [2.05, 4.69) is 17.4 Å². The van der Waals surface area contributed by atoms with Crippen LogP contribution >= 0.6 is 0 Å². The van der Waals surface area contributed by atoms with Crippen LogP contribution in [0.4, 0.5) is 0 Å². The Balaban J connectivity index is 1.55. The van der Waals surface area contributed by atoms with E-state index in [1.165, 1.54) is 11.1 Å². The summed E-state index contributed by atoms with van der Waals surface area (Å²) in [6, 6.07) is 6.23. The van der Waals surface area contributed by atoms with Gasteiger partial charge in [-0.1, -0.05) is 12.1 Å². The summed E-state index contributed by atoms with van der Waals surface area (Å²) in [5.41, 5.74) is 2.47. The molecule has 0 aromatic heterocycles. The van der Waals surface area contributed by atoms with Crippen LogP contribution in [0.3, 0.4) is 0 Å². The number of hydrogen-bond donors (Lipinski definition) is 1. The highest BCUT2D eigenvalue weighted by Crippen LogP contribution is 2.26. The van der Waals surface area contributed by atoms with Crippen molar-refractivity contribution in [2.45, 2.75) is 25.4 Å². The largest absolute Gasteiger partial charge is 0.493 e. The summed E-state index contributed by atoms with van der Waals surface area (Å²) in [6.45, 7) is 2.90. The highest BCUT2D eigenvalue weighted by Gasteiger charge is 2.21. The molecule has 4 heteroatoms. The fraction of sp³-hybridized carbons (Fsp3) is 0.533. The first-order chi connectivity index (χ1) is 9.33. The molecule has 3 rings (SSSR count). The lowest BCUT2D eigenvalue weighted by Gasteiger charge is -2.22. The second-order valence-electron chi connectivity index (χ2n) is 5.07. The van der Waals surface area contributed by atoms with E-state index >= 15 is 0 Å². The number of ether oxygens (including phenoxy) is 2. The Morgan fingerprint density at radius 2 is 2.32 bits per heavy atom. The number of rotatable bonds is 4. The number of ketones is 1. The highest BCUT2D eigenvalue weighted by atomic mass is 16.5. The molecule has 0 aliphatic carbocycles. The van der Waals surface area contributed by atoms with Crippen molar-refractivity contribution in [3.63, 3.8) is 0 Å². The molecular weight excluding hydrogens is 242 g/mol. The van der Waals surface area contributed by atoms with Crippen LogP contribution in [0.15, 0.2) is 18.2 Å². The molecule has 1 N–H and O–H groups in total. The Kier molecular flexibility index (Phi) is 3.80. The van der Waals surface area contributed by atoms with Crippen LogP contribution < -0.4 is 10.1 Å². The van der Waals surface area contributed by atoms with Crippen LogP contribution in [-0.2, 0) is 22.4 Å². The molecule has 19 heavy (non-hydrogen) atoms. The number of carbonyl (C=O) groups is 1. The molecule has 2 aliphatic heterocycles. The van der Waals surface area contributed by atoms with Gasteiger partial charge in [0, 0.05) is 25.9 Å². The van der Waals surface area contributed by atoms with Gasteiger partial charge in [-0.05, 0) is 23.6 Å². The van der Waals surface area contributed by atoms with E-state index in [1.54, 1.807) is 0 Å². The van der Waals surface area contributed by atoms with Gasteiger partial charge < -0.3 is 14.8 Å². The van der Waals surface area contributed by atoms with Crippen LogP contribution in [0.5, 0.6) is 5.75 Å². The van der Waals surface area contributed by atoms with Gasteiger partial charge in [-0.25, -0.2) is 0 Å². The summed E-state index contributed by atoms with van der Waals surface area (Å²) in [7, 11) is 0. The number of carbonyl (C=O) groups excluding carboxylic acids is 1. The van der Waals surface area contributed by atoms with E-state index in [1.807, 2.05) is 6.07 Å². The third kappa shape index (κ3) is 2.96. The van der Waals surface area contributed by atoms with Crippen molar-refractivity contribution in [1.29, 1.82) is 0 Å². The molecule has 4 nitrogen and oxygen atoms in total. The molecule has 102 valence electrons. The van der Waals surface area contributed by atoms with Gasteiger partial charge in [0.2, 0.25) is 0 Å². The number of hydrogen-bond acceptors (Lipinski definition) is 4. The van der Waals surface area contributed by atoms with Crippen LogP contribution in [0.1, 0.15) is 17.5 Å². The van der Waals surface area contributed by atoms with E-state index < -0.39 is 0 Å². The van der Waals surface area contributed by atoms with E-state index in [4.69, 9.17) is 9.47 Å². The topological polar surface area (TPSA) is 47.6 Å². The predicted octanol–water partition coefficient (Wildman–Crippen LogP) is 1.11. The zero-order chi connectivity index (χ0) is 13.1. The van der Waals surface area contributed by atoms with E-state index in [-0.39, 0.29) is 11.9 Å². The van der Waals surface area contributed by atoms with Gasteiger partial charge in [-0.3, -0.25) is 4.79 Å². The number of benzene rings is 1. The molecule has 1 unspecified atom stereocenters. The molecule has 1 aromatic rings. The minimum absolute atomic E-state index is 0.198. The zero-order valence-electron chi connectivity index (χ0n) is 11.0. The maximum atomic E-state index is 12.0. The lowest BCUT2D eigenvalue weighted by atomic mass is 10.0. The molecule has 0 spiro atoms. The molecule has 0 saturated carbocycles. The number of fused-ring (bicyclic) bond motifs is 1. The third-order valence-electron chi connectivity index (χ3n) is 3.70. The average molecular weight is 261 g/mol. The fourth-order valence-electron chi connectivity index (χ4n) is 2.60. The standard InChI is InChI=1S/C15H19NO3/c17-13(15-10-16-6-8-19-15)3-1-11-2-4-14-12(9-11)5-7-18-14/h2,4,9,15-16H,1,3,5-8,10H2. The quantitative estimate of drug-likeness (QED) is 0.882. The smallest absolute Gasteiger partial charge is 0.163 e. The summed E-state index contributed by atoms with van der Waals surface area (Å²) in [5.74, 6) is 1.19. The first kappa shape index (κ1) is 12.6.